The lowest BCUT2D eigenvalue weighted by molar-refractivity contribution is 0.236. The van der Waals surface area contributed by atoms with Gasteiger partial charge in [-0.15, -0.1) is 16.4 Å². The zero-order valence-corrected chi connectivity index (χ0v) is 14.9. The van der Waals surface area contributed by atoms with Crippen LogP contribution < -0.4 is 16.3 Å². The molecule has 2 heterocycles. The number of nitrogens with zero attached hydrogens (tertiary/aromatic N) is 3. The molecule has 2 amide bonds. The smallest absolute Gasteiger partial charge is 0.336 e. The number of nitrogens with one attached hydrogen (secondary N) is 2. The van der Waals surface area contributed by atoms with Crippen molar-refractivity contribution >= 4 is 17.4 Å². The Morgan fingerprint density at radius 3 is 2.76 bits per heavy atom. The Labute approximate surface area is 150 Å². The van der Waals surface area contributed by atoms with Gasteiger partial charge in [0, 0.05) is 18.6 Å². The maximum absolute atomic E-state index is 12.7. The van der Waals surface area contributed by atoms with Crippen LogP contribution in [0.2, 0.25) is 0 Å². The zero-order valence-electron chi connectivity index (χ0n) is 14.1. The minimum atomic E-state index is -0.153. The lowest BCUT2D eigenvalue weighted by Gasteiger charge is -2.12. The number of rotatable bonds is 6. The summed E-state index contributed by atoms with van der Waals surface area (Å²) in [6, 6.07) is 4.37. The molecule has 0 aromatic carbocycles. The molecule has 2 aromatic heterocycles. The van der Waals surface area contributed by atoms with Crippen molar-refractivity contribution in [1.82, 2.24) is 25.0 Å². The van der Waals surface area contributed by atoms with Gasteiger partial charge < -0.3 is 10.6 Å². The molecule has 0 bridgehead atoms. The van der Waals surface area contributed by atoms with Gasteiger partial charge in [-0.2, -0.15) is 0 Å². The van der Waals surface area contributed by atoms with Crippen LogP contribution in [0.4, 0.5) is 4.79 Å². The van der Waals surface area contributed by atoms with Crippen LogP contribution in [-0.2, 0) is 6.54 Å². The van der Waals surface area contributed by atoms with Crippen molar-refractivity contribution in [1.29, 1.82) is 0 Å². The third kappa shape index (κ3) is 3.63. The summed E-state index contributed by atoms with van der Waals surface area (Å²) in [6.45, 7) is 0.777. The largest absolute Gasteiger partial charge is 0.346 e. The van der Waals surface area contributed by atoms with Crippen molar-refractivity contribution in [2.75, 3.05) is 6.54 Å². The number of carbonyl (C=O) groups excluding carboxylic acids is 1. The molecule has 0 saturated heterocycles. The predicted molar refractivity (Wildman–Crippen MR) is 96.9 cm³/mol. The third-order valence-corrected chi connectivity index (χ3v) is 5.69. The Hall–Kier alpha value is -2.09. The van der Waals surface area contributed by atoms with E-state index in [4.69, 9.17) is 0 Å². The number of amides is 2. The van der Waals surface area contributed by atoms with E-state index in [0.717, 1.165) is 36.4 Å². The number of urea groups is 1. The molecule has 7 nitrogen and oxygen atoms in total. The molecule has 0 atom stereocenters. The first-order valence-electron chi connectivity index (χ1n) is 9.00. The summed E-state index contributed by atoms with van der Waals surface area (Å²) in [4.78, 5) is 25.6. The van der Waals surface area contributed by atoms with Crippen LogP contribution in [0.15, 0.2) is 22.3 Å². The van der Waals surface area contributed by atoms with Crippen LogP contribution in [0.25, 0.3) is 10.7 Å². The summed E-state index contributed by atoms with van der Waals surface area (Å²) < 4.78 is 3.29. The van der Waals surface area contributed by atoms with Crippen molar-refractivity contribution in [3.8, 4) is 10.7 Å². The minimum absolute atomic E-state index is 0.0797. The summed E-state index contributed by atoms with van der Waals surface area (Å²) in [5, 5.41) is 12.3. The number of carbonyl (C=O) groups is 1. The van der Waals surface area contributed by atoms with Gasteiger partial charge in [0.25, 0.3) is 0 Å². The highest BCUT2D eigenvalue weighted by Crippen LogP contribution is 2.37. The average Bonchev–Trinajstić information content (AvgIpc) is 3.02. The van der Waals surface area contributed by atoms with Crippen molar-refractivity contribution in [2.24, 2.45) is 0 Å². The van der Waals surface area contributed by atoms with Gasteiger partial charge in [0.1, 0.15) is 0 Å². The van der Waals surface area contributed by atoms with E-state index in [-0.39, 0.29) is 17.8 Å². The van der Waals surface area contributed by atoms with Gasteiger partial charge in [0.2, 0.25) is 0 Å². The quantitative estimate of drug-likeness (QED) is 0.829. The molecule has 8 heteroatoms. The number of thiophene rings is 1. The van der Waals surface area contributed by atoms with Gasteiger partial charge in [-0.25, -0.2) is 14.3 Å². The Kier molecular flexibility index (Phi) is 4.61. The second kappa shape index (κ2) is 7.03. The normalized spacial score (nSPS) is 17.8. The summed E-state index contributed by atoms with van der Waals surface area (Å²) in [7, 11) is 0. The molecule has 0 aliphatic heterocycles. The van der Waals surface area contributed by atoms with Crippen LogP contribution in [0, 0.1) is 0 Å². The van der Waals surface area contributed by atoms with E-state index in [0.29, 0.717) is 19.1 Å². The fourth-order valence-electron chi connectivity index (χ4n) is 3.38. The maximum atomic E-state index is 12.7. The Morgan fingerprint density at radius 1 is 1.28 bits per heavy atom. The van der Waals surface area contributed by atoms with Gasteiger partial charge in [-0.1, -0.05) is 18.9 Å². The molecule has 2 aliphatic carbocycles. The highest BCUT2D eigenvalue weighted by molar-refractivity contribution is 7.13. The Bertz CT molecular complexity index is 785. The summed E-state index contributed by atoms with van der Waals surface area (Å²) in [5.41, 5.74) is -0.0797. The molecule has 0 unspecified atom stereocenters. The van der Waals surface area contributed by atoms with E-state index in [1.165, 1.54) is 17.5 Å². The lowest BCUT2D eigenvalue weighted by Crippen LogP contribution is -2.42. The molecule has 2 aliphatic rings. The molecule has 2 aromatic rings. The van der Waals surface area contributed by atoms with Gasteiger partial charge >= 0.3 is 11.7 Å². The number of hydrogen-bond donors (Lipinski definition) is 2. The maximum Gasteiger partial charge on any atom is 0.346 e. The molecule has 2 N–H and O–H groups in total. The van der Waals surface area contributed by atoms with Crippen LogP contribution in [0.1, 0.15) is 44.6 Å². The zero-order chi connectivity index (χ0) is 17.2. The Morgan fingerprint density at radius 2 is 2.08 bits per heavy atom. The van der Waals surface area contributed by atoms with Crippen LogP contribution in [-0.4, -0.2) is 33.0 Å². The van der Waals surface area contributed by atoms with Crippen LogP contribution in [0.5, 0.6) is 0 Å². The van der Waals surface area contributed by atoms with Crippen molar-refractivity contribution in [3.05, 3.63) is 28.0 Å². The number of aromatic nitrogens is 3. The lowest BCUT2D eigenvalue weighted by atomic mass is 10.2. The molecule has 2 saturated carbocycles. The molecule has 4 rings (SSSR count). The van der Waals surface area contributed by atoms with Crippen molar-refractivity contribution < 1.29 is 4.79 Å². The standard InChI is InChI=1S/C17H23N5O2S/c23-16(19-12-4-1-2-5-12)18-9-10-21-17(24)22(13-7-8-13)15(20-21)14-6-3-11-25-14/h3,6,11-13H,1-2,4-5,7-10H2,(H2,18,19,23). The van der Waals surface area contributed by atoms with Gasteiger partial charge in [-0.05, 0) is 37.1 Å². The first kappa shape index (κ1) is 16.4. The van der Waals surface area contributed by atoms with E-state index in [1.807, 2.05) is 22.1 Å². The fraction of sp³-hybridized carbons (Fsp3) is 0.588. The minimum Gasteiger partial charge on any atom is -0.336 e. The summed E-state index contributed by atoms with van der Waals surface area (Å²) in [6.07, 6.45) is 6.55. The van der Waals surface area contributed by atoms with Gasteiger partial charge in [-0.3, -0.25) is 4.57 Å². The molecular formula is C17H23N5O2S. The molecule has 25 heavy (non-hydrogen) atoms. The molecule has 0 radical (unpaired) electrons. The van der Waals surface area contributed by atoms with Gasteiger partial charge in [0.15, 0.2) is 5.82 Å². The highest BCUT2D eigenvalue weighted by atomic mass is 32.1. The average molecular weight is 361 g/mol. The molecular weight excluding hydrogens is 338 g/mol. The SMILES string of the molecule is O=C(NCCn1nc(-c2cccs2)n(C2CC2)c1=O)NC1CCCC1. The molecule has 0 spiro atoms. The summed E-state index contributed by atoms with van der Waals surface area (Å²) >= 11 is 1.59. The number of hydrogen-bond acceptors (Lipinski definition) is 4. The second-order valence-electron chi connectivity index (χ2n) is 6.79. The van der Waals surface area contributed by atoms with E-state index in [1.54, 1.807) is 11.3 Å². The first-order chi connectivity index (χ1) is 12.2. The first-order valence-corrected chi connectivity index (χ1v) is 9.88. The second-order valence-corrected chi connectivity index (χ2v) is 7.74. The van der Waals surface area contributed by atoms with E-state index >= 15 is 0 Å². The topological polar surface area (TPSA) is 81.0 Å². The molecule has 2 fully saturated rings. The third-order valence-electron chi connectivity index (χ3n) is 4.82. The van der Waals surface area contributed by atoms with E-state index in [9.17, 15) is 9.59 Å². The van der Waals surface area contributed by atoms with Crippen molar-refractivity contribution in [3.63, 3.8) is 0 Å². The van der Waals surface area contributed by atoms with E-state index in [2.05, 4.69) is 15.7 Å². The summed E-state index contributed by atoms with van der Waals surface area (Å²) in [5.74, 6) is 0.748. The van der Waals surface area contributed by atoms with Crippen molar-refractivity contribution in [2.45, 2.75) is 57.2 Å². The monoisotopic (exact) mass is 361 g/mol. The fourth-order valence-corrected chi connectivity index (χ4v) is 4.09. The van der Waals surface area contributed by atoms with Crippen LogP contribution >= 0.6 is 11.3 Å². The molecule has 134 valence electrons. The Balaban J connectivity index is 1.40. The van der Waals surface area contributed by atoms with E-state index < -0.39 is 0 Å². The van der Waals surface area contributed by atoms with Crippen LogP contribution in [0.3, 0.4) is 0 Å². The highest BCUT2D eigenvalue weighted by Gasteiger charge is 2.30. The predicted octanol–water partition coefficient (Wildman–Crippen LogP) is 2.35. The van der Waals surface area contributed by atoms with Gasteiger partial charge in [0.05, 0.1) is 11.4 Å².